The Hall–Kier alpha value is -2.93. The third-order valence-corrected chi connectivity index (χ3v) is 5.77. The molecule has 3 rings (SSSR count). The zero-order chi connectivity index (χ0) is 20.3. The maximum atomic E-state index is 15.2. The van der Waals surface area contributed by atoms with Gasteiger partial charge in [-0.05, 0) is 31.3 Å². The van der Waals surface area contributed by atoms with Crippen molar-refractivity contribution in [3.8, 4) is 23.1 Å². The Balaban J connectivity index is 0.00000300. The van der Waals surface area contributed by atoms with Gasteiger partial charge in [0.1, 0.15) is 23.2 Å². The van der Waals surface area contributed by atoms with Gasteiger partial charge in [-0.15, -0.1) is 12.4 Å². The second-order valence-corrected chi connectivity index (χ2v) is 7.65. The summed E-state index contributed by atoms with van der Waals surface area (Å²) in [6.45, 7) is 0.113. The van der Waals surface area contributed by atoms with Crippen molar-refractivity contribution in [2.24, 2.45) is 0 Å². The molecule has 0 aliphatic heterocycles. The van der Waals surface area contributed by atoms with Crippen LogP contribution in [0.15, 0.2) is 53.7 Å². The normalized spacial score (nSPS) is 10.8. The van der Waals surface area contributed by atoms with Crippen LogP contribution in [0.4, 0.5) is 4.39 Å². The Kier molecular flexibility index (Phi) is 6.97. The van der Waals surface area contributed by atoms with Crippen molar-refractivity contribution in [3.63, 3.8) is 0 Å². The molecule has 29 heavy (non-hydrogen) atoms. The number of pyridine rings is 1. The van der Waals surface area contributed by atoms with E-state index in [0.29, 0.717) is 5.75 Å². The number of benzene rings is 1. The number of hydrogen-bond acceptors (Lipinski definition) is 6. The maximum Gasteiger partial charge on any atom is 0.268 e. The first-order valence-electron chi connectivity index (χ1n) is 8.23. The van der Waals surface area contributed by atoms with E-state index in [9.17, 15) is 13.7 Å². The van der Waals surface area contributed by atoms with Crippen molar-refractivity contribution >= 4 is 22.4 Å². The van der Waals surface area contributed by atoms with Gasteiger partial charge in [-0.1, -0.05) is 6.07 Å². The predicted molar refractivity (Wildman–Crippen MR) is 108 cm³/mol. The summed E-state index contributed by atoms with van der Waals surface area (Å²) in [7, 11) is -1.12. The molecule has 3 aromatic rings. The molecule has 0 saturated heterocycles. The highest BCUT2D eigenvalue weighted by Gasteiger charge is 2.28. The number of aromatic nitrogens is 2. The highest BCUT2D eigenvalue weighted by molar-refractivity contribution is 7.90. The molecular weight excluding hydrogens is 419 g/mol. The lowest BCUT2D eigenvalue weighted by atomic mass is 10.1. The van der Waals surface area contributed by atoms with Crippen molar-refractivity contribution in [1.82, 2.24) is 14.3 Å². The molecule has 0 aliphatic rings. The van der Waals surface area contributed by atoms with Crippen LogP contribution in [0.5, 0.6) is 5.75 Å². The maximum absolute atomic E-state index is 15.2. The zero-order valence-electron chi connectivity index (χ0n) is 15.6. The largest absolute Gasteiger partial charge is 0.497 e. The Bertz CT molecular complexity index is 1170. The fraction of sp³-hybridized carbons (Fsp3) is 0.158. The summed E-state index contributed by atoms with van der Waals surface area (Å²) in [5.74, 6) is -0.380. The highest BCUT2D eigenvalue weighted by atomic mass is 35.5. The van der Waals surface area contributed by atoms with Crippen molar-refractivity contribution in [2.75, 3.05) is 14.2 Å². The molecule has 10 heteroatoms. The van der Waals surface area contributed by atoms with Gasteiger partial charge in [0.25, 0.3) is 10.0 Å². The molecule has 0 spiro atoms. The molecule has 7 nitrogen and oxygen atoms in total. The quantitative estimate of drug-likeness (QED) is 0.638. The number of nitrogens with zero attached hydrogens (tertiary/aromatic N) is 3. The Labute approximate surface area is 174 Å². The van der Waals surface area contributed by atoms with Crippen molar-refractivity contribution in [2.45, 2.75) is 11.4 Å². The van der Waals surface area contributed by atoms with Crippen molar-refractivity contribution in [3.05, 3.63) is 65.9 Å². The molecule has 0 atom stereocenters. The first-order valence-corrected chi connectivity index (χ1v) is 9.67. The van der Waals surface area contributed by atoms with E-state index >= 15 is 4.39 Å². The van der Waals surface area contributed by atoms with E-state index in [-0.39, 0.29) is 46.4 Å². The van der Waals surface area contributed by atoms with Crippen LogP contribution in [-0.4, -0.2) is 31.5 Å². The topological polar surface area (TPSA) is 97.0 Å². The molecule has 2 aromatic heterocycles. The summed E-state index contributed by atoms with van der Waals surface area (Å²) in [5, 5.41) is 12.1. The van der Waals surface area contributed by atoms with Gasteiger partial charge < -0.3 is 10.1 Å². The average Bonchev–Trinajstić information content (AvgIpc) is 3.05. The van der Waals surface area contributed by atoms with Crippen molar-refractivity contribution in [1.29, 1.82) is 5.26 Å². The first kappa shape index (κ1) is 22.4. The zero-order valence-corrected chi connectivity index (χ0v) is 17.2. The molecule has 152 valence electrons. The van der Waals surface area contributed by atoms with Crippen LogP contribution in [0.25, 0.3) is 11.3 Å². The van der Waals surface area contributed by atoms with Gasteiger partial charge in [0.15, 0.2) is 5.82 Å². The Morgan fingerprint density at radius 2 is 2.07 bits per heavy atom. The van der Waals surface area contributed by atoms with Crippen LogP contribution in [-0.2, 0) is 16.6 Å². The van der Waals surface area contributed by atoms with Crippen LogP contribution >= 0.6 is 12.4 Å². The molecule has 0 saturated carbocycles. The summed E-state index contributed by atoms with van der Waals surface area (Å²) in [5.41, 5.74) is -0.0663. The van der Waals surface area contributed by atoms with E-state index in [1.54, 1.807) is 13.1 Å². The number of methoxy groups -OCH3 is 1. The van der Waals surface area contributed by atoms with Gasteiger partial charge >= 0.3 is 0 Å². The van der Waals surface area contributed by atoms with Gasteiger partial charge in [0.2, 0.25) is 0 Å². The third-order valence-electron chi connectivity index (χ3n) is 4.12. The van der Waals surface area contributed by atoms with Gasteiger partial charge in [-0.25, -0.2) is 21.8 Å². The van der Waals surface area contributed by atoms with E-state index in [1.165, 1.54) is 49.8 Å². The minimum atomic E-state index is -4.16. The summed E-state index contributed by atoms with van der Waals surface area (Å²) in [4.78, 5) is 3.85. The SMILES string of the molecule is CNCc1cn(S(=O)(=O)c2cccc(OC)c2)c(-c2cccnc2C#N)c1F.Cl. The molecule has 0 radical (unpaired) electrons. The van der Waals surface area contributed by atoms with Crippen LogP contribution in [0.1, 0.15) is 11.3 Å². The van der Waals surface area contributed by atoms with Crippen molar-refractivity contribution < 1.29 is 17.5 Å². The average molecular weight is 437 g/mol. The summed E-state index contributed by atoms with van der Waals surface area (Å²) in [6, 6.07) is 10.7. The predicted octanol–water partition coefficient (Wildman–Crippen LogP) is 2.95. The molecule has 0 bridgehead atoms. The van der Waals surface area contributed by atoms with Gasteiger partial charge in [-0.2, -0.15) is 5.26 Å². The lowest BCUT2D eigenvalue weighted by molar-refractivity contribution is 0.413. The monoisotopic (exact) mass is 436 g/mol. The smallest absolute Gasteiger partial charge is 0.268 e. The fourth-order valence-corrected chi connectivity index (χ4v) is 4.24. The number of hydrogen-bond donors (Lipinski definition) is 1. The number of nitriles is 1. The standard InChI is InChI=1S/C19H17FN4O3S.ClH/c1-22-11-13-12-24(28(25,26)15-6-3-5-14(9-15)27-2)19(18(13)20)16-7-4-8-23-17(16)10-21;/h3-9,12,22H,11H2,1-2H3;1H. The minimum absolute atomic E-state index is 0. The number of halogens is 2. The molecule has 0 unspecified atom stereocenters. The molecule has 0 aliphatic carbocycles. The Morgan fingerprint density at radius 1 is 1.31 bits per heavy atom. The summed E-state index contributed by atoms with van der Waals surface area (Å²) >= 11 is 0. The number of ether oxygens (including phenoxy) is 1. The molecule has 1 N–H and O–H groups in total. The summed E-state index contributed by atoms with van der Waals surface area (Å²) < 4.78 is 47.7. The molecular formula is C19H18ClFN4O3S. The Morgan fingerprint density at radius 3 is 2.72 bits per heavy atom. The van der Waals surface area contributed by atoms with Gasteiger partial charge in [0.05, 0.1) is 12.0 Å². The van der Waals surface area contributed by atoms with E-state index < -0.39 is 15.8 Å². The van der Waals surface area contributed by atoms with Crippen LogP contribution in [0.2, 0.25) is 0 Å². The molecule has 0 fully saturated rings. The van der Waals surface area contributed by atoms with E-state index in [1.807, 2.05) is 6.07 Å². The summed E-state index contributed by atoms with van der Waals surface area (Å²) in [6.07, 6.45) is 2.60. The van der Waals surface area contributed by atoms with E-state index in [2.05, 4.69) is 10.3 Å². The molecule has 2 heterocycles. The molecule has 1 aromatic carbocycles. The van der Waals surface area contributed by atoms with Crippen LogP contribution < -0.4 is 10.1 Å². The number of nitrogens with one attached hydrogen (secondary N) is 1. The highest BCUT2D eigenvalue weighted by Crippen LogP contribution is 2.32. The lowest BCUT2D eigenvalue weighted by Crippen LogP contribution is -2.14. The third kappa shape index (κ3) is 4.10. The van der Waals surface area contributed by atoms with Gasteiger partial charge in [0, 0.05) is 36.1 Å². The number of rotatable bonds is 6. The van der Waals surface area contributed by atoms with Gasteiger partial charge in [-0.3, -0.25) is 0 Å². The van der Waals surface area contributed by atoms with Crippen LogP contribution in [0, 0.1) is 17.1 Å². The van der Waals surface area contributed by atoms with E-state index in [4.69, 9.17) is 4.74 Å². The second-order valence-electron chi connectivity index (χ2n) is 5.84. The fourth-order valence-electron chi connectivity index (χ4n) is 2.81. The minimum Gasteiger partial charge on any atom is -0.497 e. The van der Waals surface area contributed by atoms with E-state index in [0.717, 1.165) is 3.97 Å². The molecule has 0 amide bonds. The lowest BCUT2D eigenvalue weighted by Gasteiger charge is -2.12. The van der Waals surface area contributed by atoms with Crippen LogP contribution in [0.3, 0.4) is 0 Å². The first-order chi connectivity index (χ1) is 13.4. The second kappa shape index (κ2) is 9.05.